The summed E-state index contributed by atoms with van der Waals surface area (Å²) in [6.45, 7) is 1.53. The molecule has 6 nitrogen and oxygen atoms in total. The van der Waals surface area contributed by atoms with Crippen LogP contribution in [0.4, 0.5) is 5.82 Å². The molecule has 0 radical (unpaired) electrons. The van der Waals surface area contributed by atoms with Gasteiger partial charge in [0, 0.05) is 6.42 Å². The predicted molar refractivity (Wildman–Crippen MR) is 51.7 cm³/mol. The van der Waals surface area contributed by atoms with Crippen LogP contribution in [-0.4, -0.2) is 22.3 Å². The Morgan fingerprint density at radius 2 is 2.40 bits per heavy atom. The van der Waals surface area contributed by atoms with Gasteiger partial charge in [0.15, 0.2) is 5.78 Å². The van der Waals surface area contributed by atoms with Gasteiger partial charge in [0.05, 0.1) is 0 Å². The molecule has 0 aliphatic rings. The second-order valence-electron chi connectivity index (χ2n) is 2.76. The number of hydrogen-bond acceptors (Lipinski definition) is 5. The van der Waals surface area contributed by atoms with Gasteiger partial charge < -0.3 is 14.9 Å². The SMILES string of the molecule is CCC(=O)COc1cccnc1[N+](=O)[O-]. The normalized spacial score (nSPS) is 9.67. The van der Waals surface area contributed by atoms with E-state index in [-0.39, 0.29) is 24.0 Å². The van der Waals surface area contributed by atoms with Gasteiger partial charge in [0.1, 0.15) is 12.8 Å². The van der Waals surface area contributed by atoms with Gasteiger partial charge in [0.2, 0.25) is 5.75 Å². The van der Waals surface area contributed by atoms with E-state index in [2.05, 4.69) is 4.98 Å². The summed E-state index contributed by atoms with van der Waals surface area (Å²) in [4.78, 5) is 24.4. The van der Waals surface area contributed by atoms with Crippen LogP contribution < -0.4 is 4.74 Å². The lowest BCUT2D eigenvalue weighted by molar-refractivity contribution is -0.390. The zero-order valence-corrected chi connectivity index (χ0v) is 8.17. The maximum absolute atomic E-state index is 11.0. The largest absolute Gasteiger partial charge is 0.478 e. The molecule has 0 bridgehead atoms. The summed E-state index contributed by atoms with van der Waals surface area (Å²) in [6, 6.07) is 2.92. The Labute approximate surface area is 86.0 Å². The van der Waals surface area contributed by atoms with Crippen molar-refractivity contribution in [2.24, 2.45) is 0 Å². The maximum atomic E-state index is 11.0. The van der Waals surface area contributed by atoms with E-state index >= 15 is 0 Å². The molecule has 0 aromatic carbocycles. The number of hydrogen-bond donors (Lipinski definition) is 0. The molecular formula is C9H10N2O4. The fraction of sp³-hybridized carbons (Fsp3) is 0.333. The Balaban J connectivity index is 2.76. The van der Waals surface area contributed by atoms with Crippen LogP contribution in [0.2, 0.25) is 0 Å². The summed E-state index contributed by atoms with van der Waals surface area (Å²) in [5.41, 5.74) is 0. The molecule has 1 heterocycles. The molecule has 0 fully saturated rings. The Bertz CT molecular complexity index is 378. The highest BCUT2D eigenvalue weighted by molar-refractivity contribution is 5.79. The Kier molecular flexibility index (Phi) is 3.73. The van der Waals surface area contributed by atoms with Crippen LogP contribution in [0, 0.1) is 10.1 Å². The molecule has 80 valence electrons. The van der Waals surface area contributed by atoms with Crippen LogP contribution in [0.15, 0.2) is 18.3 Å². The minimum absolute atomic E-state index is 0.0179. The second-order valence-corrected chi connectivity index (χ2v) is 2.76. The Morgan fingerprint density at radius 3 is 3.00 bits per heavy atom. The zero-order valence-electron chi connectivity index (χ0n) is 8.17. The zero-order chi connectivity index (χ0) is 11.3. The van der Waals surface area contributed by atoms with Gasteiger partial charge in [-0.25, -0.2) is 0 Å². The molecule has 0 saturated carbocycles. The topological polar surface area (TPSA) is 82.3 Å². The second kappa shape index (κ2) is 5.04. The predicted octanol–water partition coefficient (Wildman–Crippen LogP) is 1.35. The van der Waals surface area contributed by atoms with Crippen LogP contribution in [0.25, 0.3) is 0 Å². The summed E-state index contributed by atoms with van der Waals surface area (Å²) in [5.74, 6) is -0.473. The van der Waals surface area contributed by atoms with Crippen molar-refractivity contribution in [2.45, 2.75) is 13.3 Å². The summed E-state index contributed by atoms with van der Waals surface area (Å²) < 4.78 is 5.00. The van der Waals surface area contributed by atoms with E-state index in [1.165, 1.54) is 18.3 Å². The van der Waals surface area contributed by atoms with Crippen molar-refractivity contribution in [3.05, 3.63) is 28.4 Å². The molecule has 0 aliphatic heterocycles. The molecular weight excluding hydrogens is 200 g/mol. The Hall–Kier alpha value is -1.98. The van der Waals surface area contributed by atoms with E-state index in [1.54, 1.807) is 6.92 Å². The molecule has 0 aliphatic carbocycles. The molecule has 0 unspecified atom stereocenters. The number of carbonyl (C=O) groups is 1. The van der Waals surface area contributed by atoms with Gasteiger partial charge in [-0.15, -0.1) is 0 Å². The van der Waals surface area contributed by atoms with Gasteiger partial charge >= 0.3 is 5.82 Å². The number of carbonyl (C=O) groups excluding carboxylic acids is 1. The van der Waals surface area contributed by atoms with Gasteiger partial charge in [0.25, 0.3) is 0 Å². The number of ketones is 1. The first-order valence-corrected chi connectivity index (χ1v) is 4.39. The lowest BCUT2D eigenvalue weighted by Crippen LogP contribution is -2.10. The van der Waals surface area contributed by atoms with Crippen molar-refractivity contribution in [2.75, 3.05) is 6.61 Å². The minimum Gasteiger partial charge on any atom is -0.478 e. The number of nitrogens with zero attached hydrogens (tertiary/aromatic N) is 2. The van der Waals surface area contributed by atoms with Crippen LogP contribution in [0.3, 0.4) is 0 Å². The highest BCUT2D eigenvalue weighted by atomic mass is 16.6. The fourth-order valence-electron chi connectivity index (χ4n) is 0.892. The molecule has 1 aromatic heterocycles. The molecule has 0 spiro atoms. The first-order chi connectivity index (χ1) is 7.15. The van der Waals surface area contributed by atoms with E-state index in [4.69, 9.17) is 4.74 Å². The van der Waals surface area contributed by atoms with Crippen molar-refractivity contribution in [1.29, 1.82) is 0 Å². The molecule has 1 rings (SSSR count). The van der Waals surface area contributed by atoms with E-state index < -0.39 is 4.92 Å². The number of pyridine rings is 1. The third kappa shape index (κ3) is 3.01. The molecule has 0 N–H and O–H groups in total. The van der Waals surface area contributed by atoms with Gasteiger partial charge in [-0.1, -0.05) is 6.92 Å². The average molecular weight is 210 g/mol. The quantitative estimate of drug-likeness (QED) is 0.541. The van der Waals surface area contributed by atoms with Gasteiger partial charge in [-0.2, -0.15) is 0 Å². The monoisotopic (exact) mass is 210 g/mol. The van der Waals surface area contributed by atoms with E-state index in [0.717, 1.165) is 0 Å². The van der Waals surface area contributed by atoms with Crippen molar-refractivity contribution >= 4 is 11.6 Å². The third-order valence-corrected chi connectivity index (χ3v) is 1.71. The molecule has 0 atom stereocenters. The lowest BCUT2D eigenvalue weighted by atomic mass is 10.3. The van der Waals surface area contributed by atoms with E-state index in [1.807, 2.05) is 0 Å². The lowest BCUT2D eigenvalue weighted by Gasteiger charge is -2.03. The van der Waals surface area contributed by atoms with Crippen molar-refractivity contribution in [1.82, 2.24) is 4.98 Å². The van der Waals surface area contributed by atoms with Gasteiger partial charge in [-0.3, -0.25) is 4.79 Å². The summed E-state index contributed by atoms with van der Waals surface area (Å²) in [7, 11) is 0. The highest BCUT2D eigenvalue weighted by Crippen LogP contribution is 2.22. The van der Waals surface area contributed by atoms with Crippen molar-refractivity contribution in [3.63, 3.8) is 0 Å². The maximum Gasteiger partial charge on any atom is 0.406 e. The van der Waals surface area contributed by atoms with Crippen LogP contribution in [0.5, 0.6) is 5.75 Å². The number of nitro groups is 1. The van der Waals surface area contributed by atoms with Gasteiger partial charge in [-0.05, 0) is 22.0 Å². The molecule has 0 amide bonds. The highest BCUT2D eigenvalue weighted by Gasteiger charge is 2.15. The number of ether oxygens (including phenoxy) is 1. The van der Waals surface area contributed by atoms with Crippen LogP contribution in [0.1, 0.15) is 13.3 Å². The first-order valence-electron chi connectivity index (χ1n) is 4.39. The molecule has 0 saturated heterocycles. The van der Waals surface area contributed by atoms with E-state index in [9.17, 15) is 14.9 Å². The van der Waals surface area contributed by atoms with Crippen LogP contribution in [-0.2, 0) is 4.79 Å². The molecule has 15 heavy (non-hydrogen) atoms. The molecule has 6 heteroatoms. The standard InChI is InChI=1S/C9H10N2O4/c1-2-7(12)6-15-8-4-3-5-10-9(8)11(13)14/h3-5H,2,6H2,1H3. The molecule has 1 aromatic rings. The number of rotatable bonds is 5. The minimum atomic E-state index is -0.647. The number of Topliss-reactive ketones (excluding diaryl/α,β-unsaturated/α-hetero) is 1. The fourth-order valence-corrected chi connectivity index (χ4v) is 0.892. The van der Waals surface area contributed by atoms with Crippen molar-refractivity contribution < 1.29 is 14.5 Å². The summed E-state index contributed by atoms with van der Waals surface area (Å²) >= 11 is 0. The Morgan fingerprint density at radius 1 is 1.67 bits per heavy atom. The number of aromatic nitrogens is 1. The summed E-state index contributed by atoms with van der Waals surface area (Å²) in [6.07, 6.45) is 1.64. The third-order valence-electron chi connectivity index (χ3n) is 1.71. The average Bonchev–Trinajstić information content (AvgIpc) is 2.26. The first kappa shape index (κ1) is 11.1. The smallest absolute Gasteiger partial charge is 0.406 e. The summed E-state index contributed by atoms with van der Waals surface area (Å²) in [5, 5.41) is 10.5. The van der Waals surface area contributed by atoms with Crippen molar-refractivity contribution in [3.8, 4) is 5.75 Å². The van der Waals surface area contributed by atoms with Crippen LogP contribution >= 0.6 is 0 Å². The van der Waals surface area contributed by atoms with E-state index in [0.29, 0.717) is 6.42 Å².